The van der Waals surface area contributed by atoms with Gasteiger partial charge in [0.25, 0.3) is 17.6 Å². The molecule has 3 heterocycles. The van der Waals surface area contributed by atoms with Crippen molar-refractivity contribution in [3.63, 3.8) is 0 Å². The van der Waals surface area contributed by atoms with E-state index >= 15 is 0 Å². The van der Waals surface area contributed by atoms with Crippen LogP contribution in [0.1, 0.15) is 38.7 Å². The van der Waals surface area contributed by atoms with Gasteiger partial charge in [-0.2, -0.15) is 0 Å². The van der Waals surface area contributed by atoms with Gasteiger partial charge in [-0.25, -0.2) is 4.98 Å². The van der Waals surface area contributed by atoms with Crippen LogP contribution in [0.3, 0.4) is 0 Å². The lowest BCUT2D eigenvalue weighted by atomic mass is 10.0. The van der Waals surface area contributed by atoms with E-state index in [9.17, 15) is 19.5 Å². The molecule has 1 aliphatic heterocycles. The van der Waals surface area contributed by atoms with Gasteiger partial charge in [0, 0.05) is 49.0 Å². The third kappa shape index (κ3) is 4.42. The van der Waals surface area contributed by atoms with Crippen LogP contribution in [-0.4, -0.2) is 74.8 Å². The summed E-state index contributed by atoms with van der Waals surface area (Å²) >= 11 is 1.31. The molecule has 3 rings (SSSR count). The van der Waals surface area contributed by atoms with Crippen molar-refractivity contribution in [1.29, 1.82) is 0 Å². The maximum atomic E-state index is 12.7. The topological polar surface area (TPSA) is 104 Å². The maximum absolute atomic E-state index is 12.7. The van der Waals surface area contributed by atoms with Gasteiger partial charge in [0.05, 0.1) is 11.6 Å². The Morgan fingerprint density at radius 1 is 1.25 bits per heavy atom. The third-order valence-electron chi connectivity index (χ3n) is 4.77. The summed E-state index contributed by atoms with van der Waals surface area (Å²) in [6.07, 6.45) is 4.25. The number of rotatable bonds is 6. The number of hydrogen-bond acceptors (Lipinski definition) is 7. The normalized spacial score (nSPS) is 14.7. The Labute approximate surface area is 166 Å². The van der Waals surface area contributed by atoms with Crippen LogP contribution in [0.5, 0.6) is 0 Å². The van der Waals surface area contributed by atoms with Crippen LogP contribution in [0.2, 0.25) is 0 Å². The van der Waals surface area contributed by atoms with Crippen LogP contribution in [0.15, 0.2) is 29.9 Å². The van der Waals surface area contributed by atoms with Gasteiger partial charge >= 0.3 is 0 Å². The highest BCUT2D eigenvalue weighted by Crippen LogP contribution is 2.20. The molecule has 1 aliphatic rings. The largest absolute Gasteiger partial charge is 0.395 e. The summed E-state index contributed by atoms with van der Waals surface area (Å²) in [6.45, 7) is 2.57. The molecular formula is C19H22N4O4S. The lowest BCUT2D eigenvalue weighted by molar-refractivity contribution is -0.130. The van der Waals surface area contributed by atoms with Crippen LogP contribution in [0, 0.1) is 6.92 Å². The second-order valence-corrected chi connectivity index (χ2v) is 7.62. The fourth-order valence-corrected chi connectivity index (χ4v) is 3.92. The summed E-state index contributed by atoms with van der Waals surface area (Å²) in [6, 6.07) is 3.14. The maximum Gasteiger partial charge on any atom is 0.297 e. The Hall–Kier alpha value is -2.65. The number of likely N-dealkylation sites (tertiary alicyclic amines) is 1. The molecule has 2 amide bonds. The fraction of sp³-hybridized carbons (Fsp3) is 0.421. The van der Waals surface area contributed by atoms with Crippen LogP contribution in [-0.2, 0) is 4.79 Å². The van der Waals surface area contributed by atoms with E-state index in [2.05, 4.69) is 9.97 Å². The highest BCUT2D eigenvalue weighted by atomic mass is 32.1. The second kappa shape index (κ2) is 9.03. The van der Waals surface area contributed by atoms with Crippen molar-refractivity contribution in [2.45, 2.75) is 25.8 Å². The van der Waals surface area contributed by atoms with Crippen LogP contribution in [0.4, 0.5) is 0 Å². The fourth-order valence-electron chi connectivity index (χ4n) is 3.32. The minimum atomic E-state index is -0.659. The molecule has 0 bridgehead atoms. The average molecular weight is 402 g/mol. The van der Waals surface area contributed by atoms with Crippen molar-refractivity contribution in [1.82, 2.24) is 19.8 Å². The molecule has 28 heavy (non-hydrogen) atoms. The molecule has 1 N–H and O–H groups in total. The first-order valence-electron chi connectivity index (χ1n) is 9.09. The minimum absolute atomic E-state index is 0.0742. The highest BCUT2D eigenvalue weighted by Gasteiger charge is 2.33. The van der Waals surface area contributed by atoms with Crippen molar-refractivity contribution in [2.24, 2.45) is 0 Å². The van der Waals surface area contributed by atoms with Crippen LogP contribution in [0.25, 0.3) is 0 Å². The Balaban J connectivity index is 1.65. The van der Waals surface area contributed by atoms with Crippen molar-refractivity contribution in [3.05, 3.63) is 46.2 Å². The zero-order valence-corrected chi connectivity index (χ0v) is 16.4. The Morgan fingerprint density at radius 2 is 1.93 bits per heavy atom. The van der Waals surface area contributed by atoms with Gasteiger partial charge < -0.3 is 14.9 Å². The molecule has 2 aromatic rings. The molecule has 1 fully saturated rings. The average Bonchev–Trinajstić information content (AvgIpc) is 3.17. The number of aryl methyl sites for hydroxylation is 1. The number of carbonyl (C=O) groups excluding carboxylic acids is 3. The van der Waals surface area contributed by atoms with Gasteiger partial charge in [-0.15, -0.1) is 11.3 Å². The molecule has 0 radical (unpaired) electrons. The number of amides is 2. The standard InChI is InChI=1S/C19H22N4O4S/c1-13-21-16(12-28-13)17(25)19(27)23(10-11-24)15-4-8-22(9-5-15)18(26)14-2-6-20-7-3-14/h2-3,6-7,12,15,24H,4-5,8-11H2,1H3. The molecule has 148 valence electrons. The number of Topliss-reactive ketones (excluding diaryl/α,β-unsaturated/α-hetero) is 1. The molecule has 0 spiro atoms. The number of thiazole rings is 1. The van der Waals surface area contributed by atoms with Crippen molar-refractivity contribution in [2.75, 3.05) is 26.2 Å². The summed E-state index contributed by atoms with van der Waals surface area (Å²) in [4.78, 5) is 48.9. The number of aliphatic hydroxyl groups is 1. The van der Waals surface area contributed by atoms with E-state index in [1.165, 1.54) is 16.2 Å². The van der Waals surface area contributed by atoms with Crippen LogP contribution >= 0.6 is 11.3 Å². The molecule has 1 saturated heterocycles. The van der Waals surface area contributed by atoms with E-state index in [0.717, 1.165) is 0 Å². The van der Waals surface area contributed by atoms with Gasteiger partial charge in [0.15, 0.2) is 0 Å². The number of aliphatic hydroxyl groups excluding tert-OH is 1. The van der Waals surface area contributed by atoms with Gasteiger partial charge in [-0.3, -0.25) is 19.4 Å². The molecule has 8 nitrogen and oxygen atoms in total. The Bertz CT molecular complexity index is 847. The van der Waals surface area contributed by atoms with Gasteiger partial charge in [0.2, 0.25) is 0 Å². The van der Waals surface area contributed by atoms with Gasteiger partial charge in [0.1, 0.15) is 5.69 Å². The lowest BCUT2D eigenvalue weighted by Crippen LogP contribution is -2.51. The minimum Gasteiger partial charge on any atom is -0.395 e. The third-order valence-corrected chi connectivity index (χ3v) is 5.54. The summed E-state index contributed by atoms with van der Waals surface area (Å²) in [7, 11) is 0. The first-order valence-corrected chi connectivity index (χ1v) is 9.96. The lowest BCUT2D eigenvalue weighted by Gasteiger charge is -2.38. The molecular weight excluding hydrogens is 380 g/mol. The first-order chi connectivity index (χ1) is 13.5. The summed E-state index contributed by atoms with van der Waals surface area (Å²) < 4.78 is 0. The molecule has 0 aromatic carbocycles. The van der Waals surface area contributed by atoms with E-state index in [1.54, 1.807) is 41.7 Å². The summed E-state index contributed by atoms with van der Waals surface area (Å²) in [5, 5.41) is 11.7. The zero-order chi connectivity index (χ0) is 20.1. The number of hydrogen-bond donors (Lipinski definition) is 1. The predicted molar refractivity (Wildman–Crippen MR) is 103 cm³/mol. The van der Waals surface area contributed by atoms with E-state index in [-0.39, 0.29) is 30.8 Å². The highest BCUT2D eigenvalue weighted by molar-refractivity contribution is 7.09. The number of aromatic nitrogens is 2. The van der Waals surface area contributed by atoms with E-state index in [1.807, 2.05) is 0 Å². The summed E-state index contributed by atoms with van der Waals surface area (Å²) in [5.41, 5.74) is 0.714. The molecule has 0 atom stereocenters. The van der Waals surface area contributed by atoms with E-state index in [4.69, 9.17) is 0 Å². The monoisotopic (exact) mass is 402 g/mol. The number of ketones is 1. The van der Waals surface area contributed by atoms with Crippen molar-refractivity contribution < 1.29 is 19.5 Å². The van der Waals surface area contributed by atoms with Crippen molar-refractivity contribution in [3.8, 4) is 0 Å². The predicted octanol–water partition coefficient (Wildman–Crippen LogP) is 1.15. The molecule has 2 aromatic heterocycles. The summed E-state index contributed by atoms with van der Waals surface area (Å²) in [5.74, 6) is -1.39. The molecule has 0 aliphatic carbocycles. The Morgan fingerprint density at radius 3 is 2.50 bits per heavy atom. The first kappa shape index (κ1) is 20.1. The van der Waals surface area contributed by atoms with Crippen LogP contribution < -0.4 is 0 Å². The quantitative estimate of drug-likeness (QED) is 0.574. The molecule has 0 unspecified atom stereocenters. The number of piperidine rings is 1. The zero-order valence-electron chi connectivity index (χ0n) is 15.6. The smallest absolute Gasteiger partial charge is 0.297 e. The number of pyridine rings is 1. The van der Waals surface area contributed by atoms with Crippen molar-refractivity contribution >= 4 is 28.9 Å². The van der Waals surface area contributed by atoms with Gasteiger partial charge in [-0.1, -0.05) is 0 Å². The second-order valence-electron chi connectivity index (χ2n) is 6.56. The SMILES string of the molecule is Cc1nc(C(=O)C(=O)N(CCO)C2CCN(C(=O)c3ccncc3)CC2)cs1. The number of carbonyl (C=O) groups is 3. The van der Waals surface area contributed by atoms with Gasteiger partial charge in [-0.05, 0) is 31.9 Å². The molecule has 9 heteroatoms. The van der Waals surface area contributed by atoms with E-state index in [0.29, 0.717) is 36.5 Å². The molecule has 0 saturated carbocycles. The number of nitrogens with zero attached hydrogens (tertiary/aromatic N) is 4. The van der Waals surface area contributed by atoms with E-state index < -0.39 is 11.7 Å². The Kier molecular flexibility index (Phi) is 6.48.